The summed E-state index contributed by atoms with van der Waals surface area (Å²) in [5.74, 6) is 0. The van der Waals surface area contributed by atoms with Crippen LogP contribution >= 0.6 is 15.9 Å². The van der Waals surface area contributed by atoms with Crippen molar-refractivity contribution in [1.82, 2.24) is 20.3 Å². The van der Waals surface area contributed by atoms with E-state index in [9.17, 15) is 0 Å². The van der Waals surface area contributed by atoms with E-state index in [4.69, 9.17) is 4.74 Å². The van der Waals surface area contributed by atoms with Gasteiger partial charge in [0.2, 0.25) is 0 Å². The van der Waals surface area contributed by atoms with Gasteiger partial charge < -0.3 is 10.1 Å². The van der Waals surface area contributed by atoms with Gasteiger partial charge in [-0.1, -0.05) is 21.1 Å². The molecule has 5 nitrogen and oxygen atoms in total. The van der Waals surface area contributed by atoms with Crippen molar-refractivity contribution in [2.45, 2.75) is 6.54 Å². The number of nitrogens with one attached hydrogen (secondary N) is 1. The van der Waals surface area contributed by atoms with Crippen LogP contribution in [0.25, 0.3) is 5.69 Å². The Morgan fingerprint density at radius 1 is 1.33 bits per heavy atom. The van der Waals surface area contributed by atoms with Crippen LogP contribution in [-0.2, 0) is 11.3 Å². The van der Waals surface area contributed by atoms with Crippen LogP contribution in [-0.4, -0.2) is 35.3 Å². The van der Waals surface area contributed by atoms with E-state index in [1.807, 2.05) is 30.5 Å². The van der Waals surface area contributed by atoms with Gasteiger partial charge in [-0.25, -0.2) is 4.68 Å². The summed E-state index contributed by atoms with van der Waals surface area (Å²) in [4.78, 5) is 0. The van der Waals surface area contributed by atoms with Crippen LogP contribution in [0.3, 0.4) is 0 Å². The molecule has 0 atom stereocenters. The maximum absolute atomic E-state index is 4.96. The van der Waals surface area contributed by atoms with Crippen LogP contribution in [0.1, 0.15) is 5.69 Å². The standard InChI is InChI=1S/C12H15BrN4O/c1-18-7-6-14-8-11-9-17(16-15-11)12-4-2-10(13)3-5-12/h2-5,9,14H,6-8H2,1H3. The Labute approximate surface area is 114 Å². The van der Waals surface area contributed by atoms with Gasteiger partial charge in [0.15, 0.2) is 0 Å². The zero-order valence-corrected chi connectivity index (χ0v) is 11.7. The van der Waals surface area contributed by atoms with Crippen molar-refractivity contribution in [3.63, 3.8) is 0 Å². The summed E-state index contributed by atoms with van der Waals surface area (Å²) in [6.07, 6.45) is 1.92. The van der Waals surface area contributed by atoms with E-state index >= 15 is 0 Å². The second kappa shape index (κ2) is 6.63. The summed E-state index contributed by atoms with van der Waals surface area (Å²) in [6.45, 7) is 2.20. The number of hydrogen-bond acceptors (Lipinski definition) is 4. The van der Waals surface area contributed by atoms with Crippen LogP contribution < -0.4 is 5.32 Å². The Kier molecular flexibility index (Phi) is 4.86. The van der Waals surface area contributed by atoms with E-state index in [-0.39, 0.29) is 0 Å². The summed E-state index contributed by atoms with van der Waals surface area (Å²) in [5, 5.41) is 11.4. The molecule has 0 unspecified atom stereocenters. The van der Waals surface area contributed by atoms with Gasteiger partial charge in [0.25, 0.3) is 0 Å². The molecule has 0 aliphatic heterocycles. The number of ether oxygens (including phenoxy) is 1. The average Bonchev–Trinajstić information content (AvgIpc) is 2.84. The molecule has 18 heavy (non-hydrogen) atoms. The molecule has 1 aromatic carbocycles. The minimum atomic E-state index is 0.694. The lowest BCUT2D eigenvalue weighted by atomic mass is 10.3. The van der Waals surface area contributed by atoms with Crippen molar-refractivity contribution in [3.05, 3.63) is 40.6 Å². The molecule has 1 N–H and O–H groups in total. The quantitative estimate of drug-likeness (QED) is 0.826. The monoisotopic (exact) mass is 310 g/mol. The Balaban J connectivity index is 1.95. The van der Waals surface area contributed by atoms with Gasteiger partial charge in [0.1, 0.15) is 0 Å². The topological polar surface area (TPSA) is 52.0 Å². The van der Waals surface area contributed by atoms with E-state index in [1.165, 1.54) is 0 Å². The molecule has 0 bridgehead atoms. The van der Waals surface area contributed by atoms with Crippen LogP contribution in [0.4, 0.5) is 0 Å². The van der Waals surface area contributed by atoms with Crippen LogP contribution in [0.15, 0.2) is 34.9 Å². The fourth-order valence-corrected chi connectivity index (χ4v) is 1.75. The molecule has 0 aliphatic carbocycles. The maximum Gasteiger partial charge on any atom is 0.0969 e. The SMILES string of the molecule is COCCNCc1cn(-c2ccc(Br)cc2)nn1. The Morgan fingerprint density at radius 2 is 2.11 bits per heavy atom. The molecular formula is C12H15BrN4O. The summed E-state index contributed by atoms with van der Waals surface area (Å²) in [7, 11) is 1.69. The molecule has 2 aromatic rings. The summed E-state index contributed by atoms with van der Waals surface area (Å²) < 4.78 is 7.77. The zero-order valence-electron chi connectivity index (χ0n) is 10.1. The molecule has 0 amide bonds. The lowest BCUT2D eigenvalue weighted by Crippen LogP contribution is -2.18. The summed E-state index contributed by atoms with van der Waals surface area (Å²) >= 11 is 3.40. The number of nitrogens with zero attached hydrogens (tertiary/aromatic N) is 3. The molecule has 0 saturated heterocycles. The Morgan fingerprint density at radius 3 is 2.83 bits per heavy atom. The predicted molar refractivity (Wildman–Crippen MR) is 72.6 cm³/mol. The zero-order chi connectivity index (χ0) is 12.8. The first-order valence-corrected chi connectivity index (χ1v) is 6.46. The molecule has 2 rings (SSSR count). The lowest BCUT2D eigenvalue weighted by molar-refractivity contribution is 0.199. The molecule has 0 radical (unpaired) electrons. The molecule has 1 heterocycles. The smallest absolute Gasteiger partial charge is 0.0969 e. The molecule has 0 fully saturated rings. The van der Waals surface area contributed by atoms with Crippen molar-refractivity contribution in [1.29, 1.82) is 0 Å². The minimum Gasteiger partial charge on any atom is -0.383 e. The molecule has 0 saturated carbocycles. The highest BCUT2D eigenvalue weighted by Crippen LogP contribution is 2.13. The molecule has 0 aliphatic rings. The molecule has 1 aromatic heterocycles. The van der Waals surface area contributed by atoms with Crippen molar-refractivity contribution >= 4 is 15.9 Å². The van der Waals surface area contributed by atoms with Gasteiger partial charge in [-0.2, -0.15) is 0 Å². The Bertz CT molecular complexity index is 483. The van der Waals surface area contributed by atoms with Crippen LogP contribution in [0.2, 0.25) is 0 Å². The number of rotatable bonds is 6. The average molecular weight is 311 g/mol. The molecule has 0 spiro atoms. The number of benzene rings is 1. The number of aromatic nitrogens is 3. The van der Waals surface area contributed by atoms with Gasteiger partial charge in [-0.3, -0.25) is 0 Å². The highest BCUT2D eigenvalue weighted by atomic mass is 79.9. The Hall–Kier alpha value is -1.24. The first kappa shape index (κ1) is 13.2. The van der Waals surface area contributed by atoms with E-state index < -0.39 is 0 Å². The second-order valence-corrected chi connectivity index (χ2v) is 4.72. The third-order valence-corrected chi connectivity index (χ3v) is 2.95. The van der Waals surface area contributed by atoms with Gasteiger partial charge in [-0.05, 0) is 24.3 Å². The van der Waals surface area contributed by atoms with Gasteiger partial charge in [0.05, 0.1) is 24.2 Å². The van der Waals surface area contributed by atoms with Crippen LogP contribution in [0, 0.1) is 0 Å². The number of halogens is 1. The first-order chi connectivity index (χ1) is 8.79. The third-order valence-electron chi connectivity index (χ3n) is 2.42. The van der Waals surface area contributed by atoms with Crippen molar-refractivity contribution in [3.8, 4) is 5.69 Å². The first-order valence-electron chi connectivity index (χ1n) is 5.66. The highest BCUT2D eigenvalue weighted by molar-refractivity contribution is 9.10. The number of methoxy groups -OCH3 is 1. The number of hydrogen-bond donors (Lipinski definition) is 1. The minimum absolute atomic E-state index is 0.694. The lowest BCUT2D eigenvalue weighted by Gasteiger charge is -2.00. The normalized spacial score (nSPS) is 10.8. The molecule has 96 valence electrons. The van der Waals surface area contributed by atoms with E-state index in [2.05, 4.69) is 31.6 Å². The summed E-state index contributed by atoms with van der Waals surface area (Å²) in [6, 6.07) is 7.93. The fourth-order valence-electron chi connectivity index (χ4n) is 1.49. The van der Waals surface area contributed by atoms with Gasteiger partial charge in [-0.15, -0.1) is 5.10 Å². The third kappa shape index (κ3) is 3.63. The van der Waals surface area contributed by atoms with E-state index in [0.29, 0.717) is 13.2 Å². The van der Waals surface area contributed by atoms with Crippen LogP contribution in [0.5, 0.6) is 0 Å². The van der Waals surface area contributed by atoms with E-state index in [0.717, 1.165) is 22.4 Å². The van der Waals surface area contributed by atoms with Crippen molar-refractivity contribution in [2.24, 2.45) is 0 Å². The predicted octanol–water partition coefficient (Wildman–Crippen LogP) is 1.77. The van der Waals surface area contributed by atoms with Crippen molar-refractivity contribution in [2.75, 3.05) is 20.3 Å². The largest absolute Gasteiger partial charge is 0.383 e. The molecule has 6 heteroatoms. The second-order valence-electron chi connectivity index (χ2n) is 3.80. The van der Waals surface area contributed by atoms with Crippen molar-refractivity contribution < 1.29 is 4.74 Å². The van der Waals surface area contributed by atoms with E-state index in [1.54, 1.807) is 11.8 Å². The molecular weight excluding hydrogens is 296 g/mol. The summed E-state index contributed by atoms with van der Waals surface area (Å²) in [5.41, 5.74) is 1.91. The fraction of sp³-hybridized carbons (Fsp3) is 0.333. The maximum atomic E-state index is 4.96. The van der Waals surface area contributed by atoms with Gasteiger partial charge in [0, 0.05) is 24.7 Å². The van der Waals surface area contributed by atoms with Gasteiger partial charge >= 0.3 is 0 Å². The highest BCUT2D eigenvalue weighted by Gasteiger charge is 2.02.